The van der Waals surface area contributed by atoms with Gasteiger partial charge in [-0.05, 0) is 30.6 Å². The van der Waals surface area contributed by atoms with Gasteiger partial charge in [0.1, 0.15) is 36.6 Å². The van der Waals surface area contributed by atoms with Gasteiger partial charge < -0.3 is 18.6 Å². The minimum atomic E-state index is -2.14. The molecule has 10 nitrogen and oxygen atoms in total. The van der Waals surface area contributed by atoms with E-state index in [4.69, 9.17) is 18.6 Å². The second-order valence-electron chi connectivity index (χ2n) is 9.98. The van der Waals surface area contributed by atoms with Crippen LogP contribution in [0.2, 0.25) is 18.1 Å². The third kappa shape index (κ3) is 3.65. The van der Waals surface area contributed by atoms with E-state index >= 15 is 0 Å². The molecular weight excluding hydrogens is 430 g/mol. The zero-order chi connectivity index (χ0) is 23.3. The maximum atomic E-state index is 12.9. The molecule has 32 heavy (non-hydrogen) atoms. The molecule has 0 N–H and O–H groups in total. The van der Waals surface area contributed by atoms with E-state index < -0.39 is 31.9 Å². The second-order valence-corrected chi connectivity index (χ2v) is 14.7. The van der Waals surface area contributed by atoms with Crippen LogP contribution in [0.5, 0.6) is 0 Å². The molecule has 2 aliphatic rings. The van der Waals surface area contributed by atoms with Crippen molar-refractivity contribution in [2.45, 2.75) is 82.4 Å². The summed E-state index contributed by atoms with van der Waals surface area (Å²) < 4.78 is 28.3. The molecule has 4 rings (SSSR count). The van der Waals surface area contributed by atoms with Gasteiger partial charge in [-0.2, -0.15) is 10.1 Å². The average Bonchev–Trinajstić information content (AvgIpc) is 3.41. The highest BCUT2D eigenvalue weighted by molar-refractivity contribution is 6.74. The molecule has 0 radical (unpaired) electrons. The number of fused-ring (bicyclic) bond motifs is 2. The summed E-state index contributed by atoms with van der Waals surface area (Å²) in [6, 6.07) is 1.71. The van der Waals surface area contributed by atoms with Crippen molar-refractivity contribution in [2.75, 3.05) is 13.7 Å². The van der Waals surface area contributed by atoms with Crippen LogP contribution >= 0.6 is 0 Å². The van der Waals surface area contributed by atoms with Crippen molar-refractivity contribution in [3.05, 3.63) is 35.4 Å². The van der Waals surface area contributed by atoms with Crippen LogP contribution in [0.4, 0.5) is 0 Å². The minimum Gasteiger partial charge on any atom is -0.408 e. The molecule has 2 aromatic rings. The lowest BCUT2D eigenvalue weighted by molar-refractivity contribution is -0.223. The summed E-state index contributed by atoms with van der Waals surface area (Å²) in [5.74, 6) is 0.393. The number of nitrogens with zero attached hydrogens (tertiary/aromatic N) is 5. The lowest BCUT2D eigenvalue weighted by Crippen LogP contribution is -2.54. The summed E-state index contributed by atoms with van der Waals surface area (Å²) in [7, 11) is -0.491. The van der Waals surface area contributed by atoms with Crippen LogP contribution in [0, 0.1) is 0 Å². The van der Waals surface area contributed by atoms with Gasteiger partial charge in [0, 0.05) is 13.3 Å². The first kappa shape index (κ1) is 23.2. The van der Waals surface area contributed by atoms with Crippen molar-refractivity contribution in [1.29, 1.82) is 0 Å². The molecule has 2 aromatic heterocycles. The number of rotatable bonds is 7. The van der Waals surface area contributed by atoms with E-state index in [9.17, 15) is 4.79 Å². The molecule has 2 saturated heterocycles. The van der Waals surface area contributed by atoms with E-state index in [0.717, 1.165) is 0 Å². The van der Waals surface area contributed by atoms with E-state index in [2.05, 4.69) is 55.9 Å². The molecule has 5 atom stereocenters. The smallest absolute Gasteiger partial charge is 0.351 e. The Morgan fingerprint density at radius 1 is 1.31 bits per heavy atom. The van der Waals surface area contributed by atoms with Crippen LogP contribution in [0.3, 0.4) is 0 Å². The van der Waals surface area contributed by atoms with Gasteiger partial charge in [0.25, 0.3) is 0 Å². The first-order valence-corrected chi connectivity index (χ1v) is 13.9. The van der Waals surface area contributed by atoms with Crippen LogP contribution < -0.4 is 5.69 Å². The lowest BCUT2D eigenvalue weighted by Gasteiger charge is -2.42. The van der Waals surface area contributed by atoms with Crippen LogP contribution in [0.25, 0.3) is 5.82 Å². The van der Waals surface area contributed by atoms with Gasteiger partial charge in [-0.25, -0.2) is 14.5 Å². The number of hydrogen-bond acceptors (Lipinski definition) is 8. The number of hydrogen-bond donors (Lipinski definition) is 0. The normalized spacial score (nSPS) is 30.2. The highest BCUT2D eigenvalue weighted by atomic mass is 28.4. The van der Waals surface area contributed by atoms with Crippen LogP contribution in [-0.4, -0.2) is 70.3 Å². The van der Waals surface area contributed by atoms with E-state index in [0.29, 0.717) is 18.8 Å². The lowest BCUT2D eigenvalue weighted by atomic mass is 9.90. The maximum absolute atomic E-state index is 12.9. The topological polar surface area (TPSA) is 103 Å². The van der Waals surface area contributed by atoms with Gasteiger partial charge in [0.15, 0.2) is 20.4 Å². The average molecular weight is 464 g/mol. The van der Waals surface area contributed by atoms with Crippen molar-refractivity contribution in [1.82, 2.24) is 24.3 Å². The van der Waals surface area contributed by atoms with E-state index in [1.807, 2.05) is 0 Å². The molecule has 0 unspecified atom stereocenters. The van der Waals surface area contributed by atoms with Crippen molar-refractivity contribution in [3.8, 4) is 5.82 Å². The zero-order valence-corrected chi connectivity index (χ0v) is 20.8. The molecule has 0 aliphatic carbocycles. The van der Waals surface area contributed by atoms with Crippen molar-refractivity contribution < 1.29 is 18.6 Å². The summed E-state index contributed by atoms with van der Waals surface area (Å²) in [5, 5.41) is 4.05. The summed E-state index contributed by atoms with van der Waals surface area (Å²) in [5.41, 5.74) is -1.15. The van der Waals surface area contributed by atoms with Crippen molar-refractivity contribution >= 4 is 8.32 Å². The molecule has 0 amide bonds. The Bertz CT molecular complexity index is 1000. The zero-order valence-electron chi connectivity index (χ0n) is 19.8. The molecule has 11 heteroatoms. The van der Waals surface area contributed by atoms with Gasteiger partial charge in [-0.1, -0.05) is 27.7 Å². The summed E-state index contributed by atoms with van der Waals surface area (Å²) >= 11 is 0. The highest BCUT2D eigenvalue weighted by Gasteiger charge is 2.68. The Kier molecular flexibility index (Phi) is 5.91. The van der Waals surface area contributed by atoms with Gasteiger partial charge >= 0.3 is 5.69 Å². The maximum Gasteiger partial charge on any atom is 0.351 e. The van der Waals surface area contributed by atoms with Gasteiger partial charge in [0.05, 0.1) is 6.61 Å². The molecule has 2 aliphatic heterocycles. The first-order chi connectivity index (χ1) is 15.0. The van der Waals surface area contributed by atoms with Crippen LogP contribution in [-0.2, 0) is 18.6 Å². The Labute approximate surface area is 189 Å². The Morgan fingerprint density at radius 2 is 2.06 bits per heavy atom. The summed E-state index contributed by atoms with van der Waals surface area (Å²) in [6.07, 6.45) is 3.57. The van der Waals surface area contributed by atoms with Gasteiger partial charge in [-0.3, -0.25) is 4.57 Å². The van der Waals surface area contributed by atoms with E-state index in [-0.39, 0.29) is 17.2 Å². The van der Waals surface area contributed by atoms with Crippen molar-refractivity contribution in [3.63, 3.8) is 0 Å². The standard InChI is InChI=1S/C21H33N5O5Si/c1-8-21-14(11-28-5)29-16(17(21)31-32(6,7)20(2,3)4)18(30-21)25-10-9-15(24-19(25)27)26-13-22-12-23-26/h9-10,12-14,16-18H,8,11H2,1-7H3/t14-,16+,17-,18+,21-/m0/s1. The number of ether oxygens (including phenoxy) is 3. The fourth-order valence-electron chi connectivity index (χ4n) is 4.26. The predicted molar refractivity (Wildman–Crippen MR) is 119 cm³/mol. The molecule has 2 bridgehead atoms. The fourth-order valence-corrected chi connectivity index (χ4v) is 5.58. The van der Waals surface area contributed by atoms with E-state index in [1.54, 1.807) is 19.4 Å². The SMILES string of the molecule is CC[C@]12O[C@@H](n3ccc(-n4cncn4)nc3=O)[C@H](O[C@H]1COC)[C@@H]2O[Si](C)(C)C(C)(C)C. The van der Waals surface area contributed by atoms with Crippen molar-refractivity contribution in [2.24, 2.45) is 0 Å². The largest absolute Gasteiger partial charge is 0.408 e. The quantitative estimate of drug-likeness (QED) is 0.577. The van der Waals surface area contributed by atoms with Gasteiger partial charge in [-0.15, -0.1) is 0 Å². The molecule has 176 valence electrons. The molecule has 0 saturated carbocycles. The number of methoxy groups -OCH3 is 1. The van der Waals surface area contributed by atoms with Crippen LogP contribution in [0.15, 0.2) is 29.7 Å². The third-order valence-corrected chi connectivity index (χ3v) is 11.6. The monoisotopic (exact) mass is 463 g/mol. The first-order valence-electron chi connectivity index (χ1n) is 11.0. The molecule has 2 fully saturated rings. The third-order valence-electron chi connectivity index (χ3n) is 7.11. The Balaban J connectivity index is 1.70. The molecule has 4 heterocycles. The number of aromatic nitrogens is 5. The highest BCUT2D eigenvalue weighted by Crippen LogP contribution is 2.53. The van der Waals surface area contributed by atoms with E-state index in [1.165, 1.54) is 21.9 Å². The van der Waals surface area contributed by atoms with Gasteiger partial charge in [0.2, 0.25) is 0 Å². The summed E-state index contributed by atoms with van der Waals surface area (Å²) in [6.45, 7) is 13.5. The predicted octanol–water partition coefficient (Wildman–Crippen LogP) is 2.31. The Hall–Kier alpha value is -1.92. The molecule has 0 spiro atoms. The Morgan fingerprint density at radius 3 is 2.62 bits per heavy atom. The molecule has 0 aromatic carbocycles. The fraction of sp³-hybridized carbons (Fsp3) is 0.714. The van der Waals surface area contributed by atoms with Crippen LogP contribution in [0.1, 0.15) is 40.3 Å². The summed E-state index contributed by atoms with van der Waals surface area (Å²) in [4.78, 5) is 21.0. The minimum absolute atomic E-state index is 0.0219. The molecular formula is C21H33N5O5Si. The second kappa shape index (κ2) is 8.14.